The molecule has 1 amide bonds. The number of carbonyl (C=O) groups excluding carboxylic acids is 3. The van der Waals surface area contributed by atoms with Crippen molar-refractivity contribution in [2.24, 2.45) is 88.6 Å². The van der Waals surface area contributed by atoms with Gasteiger partial charge >= 0.3 is 29.8 Å². The molecule has 11 nitrogen and oxygen atoms in total. The summed E-state index contributed by atoms with van der Waals surface area (Å²) < 4.78 is 4.63. The van der Waals surface area contributed by atoms with Crippen LogP contribution in [-0.2, 0) is 33.5 Å². The summed E-state index contributed by atoms with van der Waals surface area (Å²) in [6.45, 7) is 31.0. The van der Waals surface area contributed by atoms with E-state index in [0.29, 0.717) is 0 Å². The van der Waals surface area contributed by atoms with Crippen LogP contribution in [0.3, 0.4) is 0 Å². The summed E-state index contributed by atoms with van der Waals surface area (Å²) in [5, 5.41) is 26.9. The molecule has 1 saturated heterocycles. The first-order chi connectivity index (χ1) is 22.1. The molecule has 0 saturated carbocycles. The maximum absolute atomic E-state index is 11.3. The molecular weight excluding hydrogens is 630 g/mol. The highest BCUT2D eigenvalue weighted by Gasteiger charge is 2.47. The van der Waals surface area contributed by atoms with E-state index in [1.54, 1.807) is 41.5 Å². The number of esters is 2. The van der Waals surface area contributed by atoms with E-state index in [4.69, 9.17) is 21.1 Å². The molecule has 0 radical (unpaired) electrons. The minimum absolute atomic E-state index is 0.0454. The molecule has 6 unspecified atom stereocenters. The standard InChI is InChI=1S/C10H19NO3.C10H18O4.C10H16O3.C8H18/c2*1-5(2)7(9(11)12)8(6(3)4)10(13)14;1-5(2)7-8(6(3)4)10(12)13-9(7)11;1-7(2)5-6-8(3)4/h5-8H,1-4H3,(H2,11,12)(H,13,14);5-8H,1-4H3,(H,11,12)(H,13,14);5-8H,1-4H3;7-8H,5-6H2,1-4H3. The zero-order valence-electron chi connectivity index (χ0n) is 33.3. The molecule has 288 valence electrons. The van der Waals surface area contributed by atoms with E-state index in [1.807, 2.05) is 41.5 Å². The van der Waals surface area contributed by atoms with E-state index < -0.39 is 47.5 Å². The number of amides is 1. The lowest BCUT2D eigenvalue weighted by atomic mass is 9.77. The largest absolute Gasteiger partial charge is 0.481 e. The Hall–Kier alpha value is -2.98. The third-order valence-corrected chi connectivity index (χ3v) is 8.72. The van der Waals surface area contributed by atoms with E-state index in [-0.39, 0.29) is 59.3 Å². The van der Waals surface area contributed by atoms with Crippen LogP contribution in [-0.4, -0.2) is 51.1 Å². The number of hydrogen-bond donors (Lipinski definition) is 4. The Labute approximate surface area is 296 Å². The SMILES string of the molecule is CC(C)C(C(=O)O)C(C(=O)O)C(C)C.CC(C)C(C(N)=O)C(C(=O)O)C(C)C.CC(C)C1C(=O)OC(=O)C1C(C)C.CC(C)CCC(C)C. The molecule has 0 bridgehead atoms. The van der Waals surface area contributed by atoms with Gasteiger partial charge in [0.05, 0.1) is 35.5 Å². The summed E-state index contributed by atoms with van der Waals surface area (Å²) >= 11 is 0. The fourth-order valence-corrected chi connectivity index (χ4v) is 6.05. The topological polar surface area (TPSA) is 198 Å². The summed E-state index contributed by atoms with van der Waals surface area (Å²) in [6, 6.07) is 0. The van der Waals surface area contributed by atoms with Crippen molar-refractivity contribution in [2.45, 2.75) is 124 Å². The highest BCUT2D eigenvalue weighted by Crippen LogP contribution is 2.35. The van der Waals surface area contributed by atoms with Gasteiger partial charge in [-0.1, -0.05) is 124 Å². The van der Waals surface area contributed by atoms with Crippen LogP contribution in [0.1, 0.15) is 124 Å². The molecule has 1 aliphatic heterocycles. The highest BCUT2D eigenvalue weighted by atomic mass is 16.6. The second-order valence-electron chi connectivity index (χ2n) is 16.1. The fraction of sp³-hybridized carbons (Fsp3) is 0.842. The maximum Gasteiger partial charge on any atom is 0.317 e. The molecule has 6 atom stereocenters. The van der Waals surface area contributed by atoms with Gasteiger partial charge < -0.3 is 25.8 Å². The predicted octanol–water partition coefficient (Wildman–Crippen LogP) is 7.49. The summed E-state index contributed by atoms with van der Waals surface area (Å²) in [6.07, 6.45) is 2.77. The smallest absolute Gasteiger partial charge is 0.317 e. The van der Waals surface area contributed by atoms with E-state index in [1.165, 1.54) is 12.8 Å². The van der Waals surface area contributed by atoms with Gasteiger partial charge in [-0.2, -0.15) is 0 Å². The number of hydrogen-bond acceptors (Lipinski definition) is 7. The van der Waals surface area contributed by atoms with Crippen LogP contribution < -0.4 is 5.73 Å². The Morgan fingerprint density at radius 2 is 0.735 bits per heavy atom. The fourth-order valence-electron chi connectivity index (χ4n) is 6.05. The number of ether oxygens (including phenoxy) is 1. The quantitative estimate of drug-likeness (QED) is 0.0979. The monoisotopic (exact) mass is 702 g/mol. The summed E-state index contributed by atoms with van der Waals surface area (Å²) in [4.78, 5) is 66.6. The molecule has 49 heavy (non-hydrogen) atoms. The van der Waals surface area contributed by atoms with Crippen LogP contribution in [0.2, 0.25) is 0 Å². The Morgan fingerprint density at radius 1 is 0.510 bits per heavy atom. The van der Waals surface area contributed by atoms with Crippen molar-refractivity contribution < 1.29 is 48.8 Å². The molecule has 0 aliphatic carbocycles. The lowest BCUT2D eigenvalue weighted by Crippen LogP contribution is -2.40. The van der Waals surface area contributed by atoms with Crippen molar-refractivity contribution in [3.05, 3.63) is 0 Å². The Balaban J connectivity index is -0.000000586. The van der Waals surface area contributed by atoms with E-state index in [9.17, 15) is 28.8 Å². The van der Waals surface area contributed by atoms with Crippen LogP contribution in [0.4, 0.5) is 0 Å². The third kappa shape index (κ3) is 19.1. The molecule has 0 aromatic heterocycles. The number of carbonyl (C=O) groups is 6. The summed E-state index contributed by atoms with van der Waals surface area (Å²) in [7, 11) is 0. The van der Waals surface area contributed by atoms with Gasteiger partial charge in [-0.15, -0.1) is 0 Å². The zero-order valence-corrected chi connectivity index (χ0v) is 33.3. The number of cyclic esters (lactones) is 2. The molecule has 1 heterocycles. The minimum atomic E-state index is -1.03. The van der Waals surface area contributed by atoms with Gasteiger partial charge in [0, 0.05) is 0 Å². The van der Waals surface area contributed by atoms with Crippen LogP contribution >= 0.6 is 0 Å². The first-order valence-corrected chi connectivity index (χ1v) is 17.9. The predicted molar refractivity (Wildman–Crippen MR) is 192 cm³/mol. The van der Waals surface area contributed by atoms with Crippen molar-refractivity contribution >= 4 is 35.8 Å². The second kappa shape index (κ2) is 24.2. The zero-order chi connectivity index (χ0) is 39.7. The van der Waals surface area contributed by atoms with Crippen LogP contribution in [0.15, 0.2) is 0 Å². The first-order valence-electron chi connectivity index (χ1n) is 17.9. The minimum Gasteiger partial charge on any atom is -0.481 e. The molecule has 0 spiro atoms. The molecule has 1 aliphatic rings. The third-order valence-electron chi connectivity index (χ3n) is 8.72. The van der Waals surface area contributed by atoms with Crippen molar-refractivity contribution in [1.82, 2.24) is 0 Å². The van der Waals surface area contributed by atoms with Crippen LogP contribution in [0.5, 0.6) is 0 Å². The number of rotatable bonds is 15. The van der Waals surface area contributed by atoms with Crippen LogP contribution in [0.25, 0.3) is 0 Å². The van der Waals surface area contributed by atoms with Gasteiger partial charge in [-0.05, 0) is 47.3 Å². The molecule has 1 rings (SSSR count). The van der Waals surface area contributed by atoms with E-state index in [2.05, 4.69) is 32.4 Å². The van der Waals surface area contributed by atoms with Gasteiger partial charge in [0.15, 0.2) is 0 Å². The van der Waals surface area contributed by atoms with E-state index in [0.717, 1.165) is 11.8 Å². The van der Waals surface area contributed by atoms with Gasteiger partial charge in [0.25, 0.3) is 0 Å². The normalized spacial score (nSPS) is 18.4. The molecule has 0 aromatic carbocycles. The van der Waals surface area contributed by atoms with Crippen LogP contribution in [0, 0.1) is 82.9 Å². The molecule has 11 heteroatoms. The number of nitrogens with two attached hydrogens (primary N) is 1. The lowest BCUT2D eigenvalue weighted by Gasteiger charge is -2.27. The number of carboxylic acids is 3. The Morgan fingerprint density at radius 3 is 0.857 bits per heavy atom. The number of primary amides is 1. The van der Waals surface area contributed by atoms with Gasteiger partial charge in [-0.25, -0.2) is 0 Å². The lowest BCUT2D eigenvalue weighted by molar-refractivity contribution is -0.157. The molecule has 0 aromatic rings. The molecule has 1 fully saturated rings. The Kier molecular flexibility index (Phi) is 24.9. The number of aliphatic carboxylic acids is 3. The highest BCUT2D eigenvalue weighted by molar-refractivity contribution is 5.96. The average molecular weight is 702 g/mol. The average Bonchev–Trinajstić information content (AvgIpc) is 3.22. The summed E-state index contributed by atoms with van der Waals surface area (Å²) in [5.41, 5.74) is 5.21. The summed E-state index contributed by atoms with van der Waals surface area (Å²) in [5.74, 6) is -5.97. The Bertz CT molecular complexity index is 902. The van der Waals surface area contributed by atoms with Gasteiger partial charge in [0.2, 0.25) is 5.91 Å². The van der Waals surface area contributed by atoms with Crippen molar-refractivity contribution in [3.8, 4) is 0 Å². The van der Waals surface area contributed by atoms with Gasteiger partial charge in [-0.3, -0.25) is 28.8 Å². The van der Waals surface area contributed by atoms with Crippen molar-refractivity contribution in [3.63, 3.8) is 0 Å². The first kappa shape index (κ1) is 50.4. The number of carboxylic acid groups (broad SMARTS) is 3. The van der Waals surface area contributed by atoms with Crippen molar-refractivity contribution in [2.75, 3.05) is 0 Å². The van der Waals surface area contributed by atoms with Crippen molar-refractivity contribution in [1.29, 1.82) is 0 Å². The van der Waals surface area contributed by atoms with Gasteiger partial charge in [0.1, 0.15) is 0 Å². The second-order valence-corrected chi connectivity index (χ2v) is 16.1. The van der Waals surface area contributed by atoms with E-state index >= 15 is 0 Å². The maximum atomic E-state index is 11.3. The molecule has 5 N–H and O–H groups in total. The molecular formula is C38H71NO10.